The van der Waals surface area contributed by atoms with Crippen molar-refractivity contribution in [2.24, 2.45) is 0 Å². The molecule has 2 rings (SSSR count). The van der Waals surface area contributed by atoms with Gasteiger partial charge in [0, 0.05) is 18.4 Å². The van der Waals surface area contributed by atoms with E-state index in [9.17, 15) is 0 Å². The Morgan fingerprint density at radius 3 is 2.79 bits per heavy atom. The molecule has 0 saturated heterocycles. The van der Waals surface area contributed by atoms with Crippen molar-refractivity contribution in [1.82, 2.24) is 10.3 Å². The summed E-state index contributed by atoms with van der Waals surface area (Å²) in [4.78, 5) is 4.28. The molecule has 0 spiro atoms. The van der Waals surface area contributed by atoms with Crippen molar-refractivity contribution in [1.29, 1.82) is 0 Å². The minimum atomic E-state index is 0.858. The first-order valence-electron chi connectivity index (χ1n) is 6.53. The summed E-state index contributed by atoms with van der Waals surface area (Å²) in [5, 5.41) is 3.43. The van der Waals surface area contributed by atoms with Crippen molar-refractivity contribution < 1.29 is 4.74 Å². The first-order valence-corrected chi connectivity index (χ1v) is 6.53. The molecule has 1 heterocycles. The highest BCUT2D eigenvalue weighted by Gasteiger charge is 1.97. The summed E-state index contributed by atoms with van der Waals surface area (Å²) in [5.74, 6) is 0.917. The van der Waals surface area contributed by atoms with Gasteiger partial charge in [0.1, 0.15) is 5.75 Å². The summed E-state index contributed by atoms with van der Waals surface area (Å²) in [5.41, 5.74) is 3.56. The minimum Gasteiger partial charge on any atom is -0.497 e. The SMILES string of the molecule is COc1cccc(CCNCc2ccc(C)nc2)c1. The number of rotatable bonds is 6. The molecule has 1 N–H and O–H groups in total. The zero-order valence-corrected chi connectivity index (χ0v) is 11.5. The summed E-state index contributed by atoms with van der Waals surface area (Å²) in [6.45, 7) is 3.80. The zero-order chi connectivity index (χ0) is 13.5. The lowest BCUT2D eigenvalue weighted by Crippen LogP contribution is -2.16. The van der Waals surface area contributed by atoms with Crippen molar-refractivity contribution in [3.05, 3.63) is 59.4 Å². The van der Waals surface area contributed by atoms with Crippen LogP contribution in [0, 0.1) is 6.92 Å². The summed E-state index contributed by atoms with van der Waals surface area (Å²) in [7, 11) is 1.70. The van der Waals surface area contributed by atoms with Crippen LogP contribution < -0.4 is 10.1 Å². The Labute approximate surface area is 114 Å². The fraction of sp³-hybridized carbons (Fsp3) is 0.312. The van der Waals surface area contributed by atoms with Crippen molar-refractivity contribution >= 4 is 0 Å². The van der Waals surface area contributed by atoms with Crippen LogP contribution in [0.5, 0.6) is 5.75 Å². The third kappa shape index (κ3) is 4.38. The second-order valence-electron chi connectivity index (χ2n) is 4.59. The lowest BCUT2D eigenvalue weighted by molar-refractivity contribution is 0.414. The lowest BCUT2D eigenvalue weighted by atomic mass is 10.1. The van der Waals surface area contributed by atoms with E-state index >= 15 is 0 Å². The summed E-state index contributed by atoms with van der Waals surface area (Å²) in [6.07, 6.45) is 2.92. The Bertz CT molecular complexity index is 508. The van der Waals surface area contributed by atoms with Gasteiger partial charge in [0.25, 0.3) is 0 Å². The number of pyridine rings is 1. The average Bonchev–Trinajstić information content (AvgIpc) is 2.46. The lowest BCUT2D eigenvalue weighted by Gasteiger charge is -2.06. The van der Waals surface area contributed by atoms with Crippen LogP contribution in [0.25, 0.3) is 0 Å². The molecule has 0 aliphatic rings. The average molecular weight is 256 g/mol. The van der Waals surface area contributed by atoms with Crippen LogP contribution >= 0.6 is 0 Å². The van der Waals surface area contributed by atoms with Crippen molar-refractivity contribution in [3.63, 3.8) is 0 Å². The number of nitrogens with one attached hydrogen (secondary N) is 1. The number of hydrogen-bond acceptors (Lipinski definition) is 3. The van der Waals surface area contributed by atoms with Crippen LogP contribution in [0.4, 0.5) is 0 Å². The van der Waals surface area contributed by atoms with Gasteiger partial charge >= 0.3 is 0 Å². The quantitative estimate of drug-likeness (QED) is 0.807. The van der Waals surface area contributed by atoms with E-state index < -0.39 is 0 Å². The molecule has 0 radical (unpaired) electrons. The smallest absolute Gasteiger partial charge is 0.119 e. The van der Waals surface area contributed by atoms with E-state index in [2.05, 4.69) is 28.5 Å². The molecular weight excluding hydrogens is 236 g/mol. The maximum absolute atomic E-state index is 5.21. The van der Waals surface area contributed by atoms with E-state index in [4.69, 9.17) is 4.74 Å². The predicted molar refractivity (Wildman–Crippen MR) is 77.4 cm³/mol. The van der Waals surface area contributed by atoms with Gasteiger partial charge in [-0.25, -0.2) is 0 Å². The maximum Gasteiger partial charge on any atom is 0.119 e. The number of aryl methyl sites for hydroxylation is 1. The van der Waals surface area contributed by atoms with Crippen LogP contribution in [0.15, 0.2) is 42.6 Å². The fourth-order valence-electron chi connectivity index (χ4n) is 1.90. The molecule has 3 nitrogen and oxygen atoms in total. The van der Waals surface area contributed by atoms with Crippen LogP contribution in [-0.2, 0) is 13.0 Å². The van der Waals surface area contributed by atoms with Crippen LogP contribution in [0.1, 0.15) is 16.8 Å². The second-order valence-corrected chi connectivity index (χ2v) is 4.59. The van der Waals surface area contributed by atoms with Crippen molar-refractivity contribution in [2.75, 3.05) is 13.7 Å². The normalized spacial score (nSPS) is 10.4. The van der Waals surface area contributed by atoms with Crippen LogP contribution in [0.2, 0.25) is 0 Å². The highest BCUT2D eigenvalue weighted by Crippen LogP contribution is 2.12. The molecule has 0 aliphatic carbocycles. The molecular formula is C16H20N2O. The number of aromatic nitrogens is 1. The Balaban J connectivity index is 1.75. The Morgan fingerprint density at radius 1 is 1.16 bits per heavy atom. The zero-order valence-electron chi connectivity index (χ0n) is 11.5. The van der Waals surface area contributed by atoms with Gasteiger partial charge < -0.3 is 10.1 Å². The highest BCUT2D eigenvalue weighted by molar-refractivity contribution is 5.28. The highest BCUT2D eigenvalue weighted by atomic mass is 16.5. The number of ether oxygens (including phenoxy) is 1. The molecule has 0 aliphatic heterocycles. The van der Waals surface area contributed by atoms with Crippen molar-refractivity contribution in [2.45, 2.75) is 19.9 Å². The molecule has 2 aromatic rings. The second kappa shape index (κ2) is 6.90. The summed E-state index contributed by atoms with van der Waals surface area (Å²) in [6, 6.07) is 12.3. The minimum absolute atomic E-state index is 0.858. The number of benzene rings is 1. The molecule has 0 atom stereocenters. The number of hydrogen-bond donors (Lipinski definition) is 1. The topological polar surface area (TPSA) is 34.1 Å². The molecule has 100 valence electrons. The van der Waals surface area contributed by atoms with Gasteiger partial charge in [-0.2, -0.15) is 0 Å². The molecule has 3 heteroatoms. The Hall–Kier alpha value is -1.87. The van der Waals surface area contributed by atoms with Gasteiger partial charge in [0.15, 0.2) is 0 Å². The van der Waals surface area contributed by atoms with Gasteiger partial charge in [0.05, 0.1) is 7.11 Å². The molecule has 0 fully saturated rings. The number of methoxy groups -OCH3 is 1. The molecule has 1 aromatic carbocycles. The van der Waals surface area contributed by atoms with Crippen LogP contribution in [0.3, 0.4) is 0 Å². The van der Waals surface area contributed by atoms with E-state index in [0.29, 0.717) is 0 Å². The van der Waals surface area contributed by atoms with Gasteiger partial charge in [-0.05, 0) is 49.2 Å². The Morgan fingerprint density at radius 2 is 2.05 bits per heavy atom. The largest absolute Gasteiger partial charge is 0.497 e. The molecule has 19 heavy (non-hydrogen) atoms. The standard InChI is InChI=1S/C16H20N2O/c1-13-6-7-15(12-18-13)11-17-9-8-14-4-3-5-16(10-14)19-2/h3-7,10,12,17H,8-9,11H2,1-2H3. The summed E-state index contributed by atoms with van der Waals surface area (Å²) < 4.78 is 5.21. The third-order valence-corrected chi connectivity index (χ3v) is 3.03. The molecule has 1 aromatic heterocycles. The first kappa shape index (κ1) is 13.6. The van der Waals surface area contributed by atoms with Gasteiger partial charge in [-0.1, -0.05) is 18.2 Å². The molecule has 0 amide bonds. The van der Waals surface area contributed by atoms with Gasteiger partial charge in [-0.15, -0.1) is 0 Å². The van der Waals surface area contributed by atoms with Crippen molar-refractivity contribution in [3.8, 4) is 5.75 Å². The maximum atomic E-state index is 5.21. The van der Waals surface area contributed by atoms with E-state index in [0.717, 1.165) is 31.0 Å². The Kier molecular flexibility index (Phi) is 4.93. The van der Waals surface area contributed by atoms with Crippen LogP contribution in [-0.4, -0.2) is 18.6 Å². The monoisotopic (exact) mass is 256 g/mol. The molecule has 0 saturated carbocycles. The molecule has 0 bridgehead atoms. The van der Waals surface area contributed by atoms with E-state index in [1.807, 2.05) is 31.3 Å². The van der Waals surface area contributed by atoms with Gasteiger partial charge in [-0.3, -0.25) is 4.98 Å². The van der Waals surface area contributed by atoms with E-state index in [-0.39, 0.29) is 0 Å². The fourth-order valence-corrected chi connectivity index (χ4v) is 1.90. The van der Waals surface area contributed by atoms with E-state index in [1.165, 1.54) is 11.1 Å². The third-order valence-electron chi connectivity index (χ3n) is 3.03. The number of nitrogens with zero attached hydrogens (tertiary/aromatic N) is 1. The molecule has 0 unspecified atom stereocenters. The van der Waals surface area contributed by atoms with E-state index in [1.54, 1.807) is 7.11 Å². The van der Waals surface area contributed by atoms with Gasteiger partial charge in [0.2, 0.25) is 0 Å². The first-order chi connectivity index (χ1) is 9.28. The summed E-state index contributed by atoms with van der Waals surface area (Å²) >= 11 is 0. The predicted octanol–water partition coefficient (Wildman–Crippen LogP) is 2.73.